The molecule has 3 rings (SSSR count). The van der Waals surface area contributed by atoms with Gasteiger partial charge in [0.2, 0.25) is 10.0 Å². The molecule has 0 unspecified atom stereocenters. The number of hydrogen-bond donors (Lipinski definition) is 1. The quantitative estimate of drug-likeness (QED) is 0.832. The summed E-state index contributed by atoms with van der Waals surface area (Å²) in [6.07, 6.45) is 1.22. The van der Waals surface area contributed by atoms with E-state index in [0.29, 0.717) is 37.4 Å². The molecule has 0 atom stereocenters. The topological polar surface area (TPSA) is 66.5 Å². The van der Waals surface area contributed by atoms with Crippen LogP contribution in [-0.4, -0.2) is 38.4 Å². The number of hydrogen-bond acceptors (Lipinski definition) is 3. The van der Waals surface area contributed by atoms with E-state index in [1.54, 1.807) is 29.2 Å². The van der Waals surface area contributed by atoms with Gasteiger partial charge in [0, 0.05) is 24.7 Å². The lowest BCUT2D eigenvalue weighted by Gasteiger charge is -2.32. The standard InChI is InChI=1S/C22H28N2O3S/c1-16(2)18-6-8-19(9-7-18)22(25)24-14-12-20(13-15-24)23-28(26,27)21-10-4-17(3)5-11-21/h4-11,16,20,23H,12-15H2,1-3H3. The van der Waals surface area contributed by atoms with Crippen LogP contribution in [0.4, 0.5) is 0 Å². The molecule has 1 N–H and O–H groups in total. The first-order chi connectivity index (χ1) is 13.3. The molecular formula is C22H28N2O3S. The van der Waals surface area contributed by atoms with Crippen LogP contribution in [0.15, 0.2) is 53.4 Å². The van der Waals surface area contributed by atoms with Crippen LogP contribution in [0.25, 0.3) is 0 Å². The first-order valence-corrected chi connectivity index (χ1v) is 11.2. The Kier molecular flexibility index (Phi) is 6.20. The minimum Gasteiger partial charge on any atom is -0.339 e. The molecule has 2 aromatic carbocycles. The van der Waals surface area contributed by atoms with Crippen molar-refractivity contribution in [2.24, 2.45) is 0 Å². The molecule has 1 amide bonds. The Balaban J connectivity index is 1.58. The van der Waals surface area contributed by atoms with Crippen LogP contribution in [0, 0.1) is 6.92 Å². The second-order valence-electron chi connectivity index (χ2n) is 7.78. The predicted octanol–water partition coefficient (Wildman–Crippen LogP) is 3.70. The van der Waals surface area contributed by atoms with Crippen molar-refractivity contribution in [3.8, 4) is 0 Å². The number of rotatable bonds is 5. The van der Waals surface area contributed by atoms with Crippen LogP contribution in [0.2, 0.25) is 0 Å². The molecule has 0 saturated carbocycles. The summed E-state index contributed by atoms with van der Waals surface area (Å²) >= 11 is 0. The second-order valence-corrected chi connectivity index (χ2v) is 9.49. The highest BCUT2D eigenvalue weighted by molar-refractivity contribution is 7.89. The number of likely N-dealkylation sites (tertiary alicyclic amines) is 1. The minimum absolute atomic E-state index is 0.00940. The first-order valence-electron chi connectivity index (χ1n) is 9.74. The Morgan fingerprint density at radius 1 is 1.00 bits per heavy atom. The molecule has 0 aliphatic carbocycles. The number of amides is 1. The van der Waals surface area contributed by atoms with E-state index in [-0.39, 0.29) is 16.8 Å². The Morgan fingerprint density at radius 2 is 1.57 bits per heavy atom. The normalized spacial score (nSPS) is 15.8. The summed E-state index contributed by atoms with van der Waals surface area (Å²) in [5, 5.41) is 0. The van der Waals surface area contributed by atoms with Crippen LogP contribution in [0.1, 0.15) is 54.1 Å². The van der Waals surface area contributed by atoms with E-state index in [0.717, 1.165) is 5.56 Å². The van der Waals surface area contributed by atoms with E-state index in [4.69, 9.17) is 0 Å². The average Bonchev–Trinajstić information content (AvgIpc) is 2.68. The molecule has 0 bridgehead atoms. The third kappa shape index (κ3) is 4.80. The maximum atomic E-state index is 12.7. The number of sulfonamides is 1. The van der Waals surface area contributed by atoms with Gasteiger partial charge < -0.3 is 4.90 Å². The molecule has 6 heteroatoms. The maximum absolute atomic E-state index is 12.7. The van der Waals surface area contributed by atoms with E-state index >= 15 is 0 Å². The smallest absolute Gasteiger partial charge is 0.253 e. The lowest BCUT2D eigenvalue weighted by atomic mass is 10.0. The van der Waals surface area contributed by atoms with Gasteiger partial charge in [-0.05, 0) is 55.5 Å². The van der Waals surface area contributed by atoms with Gasteiger partial charge in [-0.15, -0.1) is 0 Å². The number of nitrogens with one attached hydrogen (secondary N) is 1. The second kappa shape index (κ2) is 8.45. The molecule has 1 fully saturated rings. The van der Waals surface area contributed by atoms with E-state index in [1.165, 1.54) is 5.56 Å². The Labute approximate surface area is 167 Å². The van der Waals surface area contributed by atoms with Gasteiger partial charge in [0.1, 0.15) is 0 Å². The van der Waals surface area contributed by atoms with Crippen molar-refractivity contribution in [2.75, 3.05) is 13.1 Å². The highest BCUT2D eigenvalue weighted by Crippen LogP contribution is 2.19. The Hall–Kier alpha value is -2.18. The van der Waals surface area contributed by atoms with Crippen molar-refractivity contribution in [3.05, 3.63) is 65.2 Å². The average molecular weight is 401 g/mol. The van der Waals surface area contributed by atoms with Gasteiger partial charge in [-0.2, -0.15) is 0 Å². The van der Waals surface area contributed by atoms with Gasteiger partial charge in [-0.25, -0.2) is 13.1 Å². The van der Waals surface area contributed by atoms with Gasteiger partial charge in [0.25, 0.3) is 5.91 Å². The van der Waals surface area contributed by atoms with Crippen molar-refractivity contribution in [2.45, 2.75) is 50.5 Å². The van der Waals surface area contributed by atoms with E-state index in [2.05, 4.69) is 18.6 Å². The summed E-state index contributed by atoms with van der Waals surface area (Å²) in [5.41, 5.74) is 2.91. The van der Waals surface area contributed by atoms with E-state index in [1.807, 2.05) is 31.2 Å². The number of carbonyl (C=O) groups excluding carboxylic acids is 1. The molecule has 2 aromatic rings. The van der Waals surface area contributed by atoms with Gasteiger partial charge in [0.05, 0.1) is 4.90 Å². The molecule has 1 aliphatic heterocycles. The minimum atomic E-state index is -3.53. The van der Waals surface area contributed by atoms with Crippen molar-refractivity contribution in [3.63, 3.8) is 0 Å². The number of piperidine rings is 1. The monoisotopic (exact) mass is 400 g/mol. The fraction of sp³-hybridized carbons (Fsp3) is 0.409. The third-order valence-electron chi connectivity index (χ3n) is 5.26. The van der Waals surface area contributed by atoms with Gasteiger partial charge >= 0.3 is 0 Å². The molecule has 0 aromatic heterocycles. The highest BCUT2D eigenvalue weighted by Gasteiger charge is 2.27. The zero-order valence-corrected chi connectivity index (χ0v) is 17.5. The molecule has 1 heterocycles. The fourth-order valence-corrected chi connectivity index (χ4v) is 4.70. The van der Waals surface area contributed by atoms with Crippen molar-refractivity contribution in [1.82, 2.24) is 9.62 Å². The molecule has 1 aliphatic rings. The Bertz CT molecular complexity index is 911. The zero-order valence-electron chi connectivity index (χ0n) is 16.7. The SMILES string of the molecule is Cc1ccc(S(=O)(=O)NC2CCN(C(=O)c3ccc(C(C)C)cc3)CC2)cc1. The molecular weight excluding hydrogens is 372 g/mol. The lowest BCUT2D eigenvalue weighted by Crippen LogP contribution is -2.46. The van der Waals surface area contributed by atoms with Gasteiger partial charge in [-0.1, -0.05) is 43.7 Å². The predicted molar refractivity (Wildman–Crippen MR) is 111 cm³/mol. The zero-order chi connectivity index (χ0) is 20.3. The van der Waals surface area contributed by atoms with Crippen molar-refractivity contribution >= 4 is 15.9 Å². The number of nitrogens with zero attached hydrogens (tertiary/aromatic N) is 1. The van der Waals surface area contributed by atoms with Gasteiger partial charge in [-0.3, -0.25) is 4.79 Å². The lowest BCUT2D eigenvalue weighted by molar-refractivity contribution is 0.0711. The molecule has 28 heavy (non-hydrogen) atoms. The summed E-state index contributed by atoms with van der Waals surface area (Å²) in [4.78, 5) is 14.8. The first kappa shape index (κ1) is 20.6. The maximum Gasteiger partial charge on any atom is 0.253 e. The largest absolute Gasteiger partial charge is 0.339 e. The summed E-state index contributed by atoms with van der Waals surface area (Å²) in [5.74, 6) is 0.441. The van der Waals surface area contributed by atoms with Crippen LogP contribution in [0.3, 0.4) is 0 Å². The summed E-state index contributed by atoms with van der Waals surface area (Å²) < 4.78 is 27.9. The number of benzene rings is 2. The van der Waals surface area contributed by atoms with Crippen LogP contribution < -0.4 is 4.72 Å². The molecule has 5 nitrogen and oxygen atoms in total. The summed E-state index contributed by atoms with van der Waals surface area (Å²) in [7, 11) is -3.53. The summed E-state index contributed by atoms with van der Waals surface area (Å²) in [6.45, 7) is 7.27. The van der Waals surface area contributed by atoms with Crippen molar-refractivity contribution in [1.29, 1.82) is 0 Å². The molecule has 0 radical (unpaired) electrons. The fourth-order valence-electron chi connectivity index (χ4n) is 3.40. The van der Waals surface area contributed by atoms with Gasteiger partial charge in [0.15, 0.2) is 0 Å². The third-order valence-corrected chi connectivity index (χ3v) is 6.80. The molecule has 150 valence electrons. The molecule has 1 saturated heterocycles. The van der Waals surface area contributed by atoms with E-state index < -0.39 is 10.0 Å². The highest BCUT2D eigenvalue weighted by atomic mass is 32.2. The van der Waals surface area contributed by atoms with E-state index in [9.17, 15) is 13.2 Å². The Morgan fingerprint density at radius 3 is 2.11 bits per heavy atom. The van der Waals surface area contributed by atoms with Crippen LogP contribution in [0.5, 0.6) is 0 Å². The number of carbonyl (C=O) groups is 1. The van der Waals surface area contributed by atoms with Crippen molar-refractivity contribution < 1.29 is 13.2 Å². The van der Waals surface area contributed by atoms with Crippen LogP contribution >= 0.6 is 0 Å². The van der Waals surface area contributed by atoms with Crippen LogP contribution in [-0.2, 0) is 10.0 Å². The summed E-state index contributed by atoms with van der Waals surface area (Å²) in [6, 6.07) is 14.4. The number of aryl methyl sites for hydroxylation is 1. The molecule has 0 spiro atoms.